The average Bonchev–Trinajstić information content (AvgIpc) is 2.64. The molecule has 148 valence electrons. The molecule has 0 saturated carbocycles. The Hall–Kier alpha value is -2.18. The summed E-state index contributed by atoms with van der Waals surface area (Å²) in [6.45, 7) is -0.885. The maximum absolute atomic E-state index is 13.0. The molecule has 2 saturated heterocycles. The first-order valence-corrected chi connectivity index (χ1v) is 9.36. The van der Waals surface area contributed by atoms with Gasteiger partial charge in [-0.05, 0) is 12.0 Å². The number of hydrogen-bond acceptors (Lipinski definition) is 6. The Bertz CT molecular complexity index is 846. The summed E-state index contributed by atoms with van der Waals surface area (Å²) in [6, 6.07) is 6.58. The molecule has 1 aromatic rings. The minimum Gasteiger partial charge on any atom is -0.458 e. The summed E-state index contributed by atoms with van der Waals surface area (Å²) in [5, 5.41) is 0. The van der Waals surface area contributed by atoms with Crippen LogP contribution in [0, 0.1) is 0 Å². The SMILES string of the molecule is NC1C(=O)N2C1CCN(S(=O)(=O)C(F)(F)F)C2C(=O)OCc1ccccc1. The predicted molar refractivity (Wildman–Crippen MR) is 84.9 cm³/mol. The molecule has 1 amide bonds. The van der Waals surface area contributed by atoms with Crippen LogP contribution < -0.4 is 5.73 Å². The molecule has 27 heavy (non-hydrogen) atoms. The van der Waals surface area contributed by atoms with E-state index in [1.807, 2.05) is 0 Å². The zero-order valence-electron chi connectivity index (χ0n) is 13.8. The lowest BCUT2D eigenvalue weighted by molar-refractivity contribution is -0.181. The van der Waals surface area contributed by atoms with Gasteiger partial charge in [0, 0.05) is 6.54 Å². The third kappa shape index (κ3) is 3.28. The Balaban J connectivity index is 1.87. The number of halogens is 3. The summed E-state index contributed by atoms with van der Waals surface area (Å²) >= 11 is 0. The quantitative estimate of drug-likeness (QED) is 0.562. The van der Waals surface area contributed by atoms with E-state index in [1.54, 1.807) is 30.3 Å². The van der Waals surface area contributed by atoms with Gasteiger partial charge in [0.2, 0.25) is 5.91 Å². The molecule has 12 heteroatoms. The van der Waals surface area contributed by atoms with Crippen molar-refractivity contribution in [1.29, 1.82) is 0 Å². The van der Waals surface area contributed by atoms with Crippen LogP contribution >= 0.6 is 0 Å². The number of nitrogens with zero attached hydrogens (tertiary/aromatic N) is 2. The lowest BCUT2D eigenvalue weighted by atomic mass is 9.90. The molecule has 0 aromatic heterocycles. The topological polar surface area (TPSA) is 110 Å². The highest BCUT2D eigenvalue weighted by atomic mass is 32.2. The van der Waals surface area contributed by atoms with Gasteiger partial charge in [-0.2, -0.15) is 17.5 Å². The van der Waals surface area contributed by atoms with Crippen molar-refractivity contribution < 1.29 is 35.9 Å². The smallest absolute Gasteiger partial charge is 0.458 e. The van der Waals surface area contributed by atoms with Crippen LogP contribution in [0.5, 0.6) is 0 Å². The van der Waals surface area contributed by atoms with Crippen LogP contribution in [0.4, 0.5) is 13.2 Å². The molecule has 0 aliphatic carbocycles. The zero-order valence-corrected chi connectivity index (χ0v) is 14.6. The van der Waals surface area contributed by atoms with E-state index in [0.717, 1.165) is 4.90 Å². The maximum Gasteiger partial charge on any atom is 0.511 e. The van der Waals surface area contributed by atoms with Gasteiger partial charge in [0.25, 0.3) is 0 Å². The molecule has 0 bridgehead atoms. The van der Waals surface area contributed by atoms with Gasteiger partial charge in [-0.25, -0.2) is 13.2 Å². The fourth-order valence-corrected chi connectivity index (χ4v) is 4.21. The molecule has 3 atom stereocenters. The van der Waals surface area contributed by atoms with Crippen molar-refractivity contribution in [3.05, 3.63) is 35.9 Å². The second kappa shape index (κ2) is 6.77. The maximum atomic E-state index is 13.0. The normalized spacial score (nSPS) is 26.3. The van der Waals surface area contributed by atoms with E-state index in [2.05, 4.69) is 0 Å². The van der Waals surface area contributed by atoms with Crippen LogP contribution in [0.3, 0.4) is 0 Å². The number of nitrogens with two attached hydrogens (primary N) is 1. The Morgan fingerprint density at radius 1 is 1.26 bits per heavy atom. The highest BCUT2D eigenvalue weighted by Gasteiger charge is 2.62. The van der Waals surface area contributed by atoms with Crippen LogP contribution in [-0.2, 0) is 31.0 Å². The van der Waals surface area contributed by atoms with Gasteiger partial charge in [-0.3, -0.25) is 4.79 Å². The first-order valence-electron chi connectivity index (χ1n) is 7.92. The summed E-state index contributed by atoms with van der Waals surface area (Å²) in [5.41, 5.74) is 0.545. The molecule has 2 aliphatic rings. The Labute approximate surface area is 152 Å². The van der Waals surface area contributed by atoms with Crippen LogP contribution in [0.1, 0.15) is 12.0 Å². The number of sulfonamides is 1. The molecule has 0 radical (unpaired) electrons. The number of alkyl halides is 3. The first kappa shape index (κ1) is 19.6. The number of rotatable bonds is 4. The van der Waals surface area contributed by atoms with E-state index in [9.17, 15) is 31.2 Å². The summed E-state index contributed by atoms with van der Waals surface area (Å²) in [5.74, 6) is -2.07. The van der Waals surface area contributed by atoms with Crippen molar-refractivity contribution in [3.63, 3.8) is 0 Å². The van der Waals surface area contributed by atoms with Gasteiger partial charge in [0.1, 0.15) is 12.6 Å². The summed E-state index contributed by atoms with van der Waals surface area (Å²) in [7, 11) is -5.84. The predicted octanol–water partition coefficient (Wildman–Crippen LogP) is 0.149. The van der Waals surface area contributed by atoms with E-state index >= 15 is 0 Å². The summed E-state index contributed by atoms with van der Waals surface area (Å²) < 4.78 is 67.8. The Kier molecular flexibility index (Phi) is 4.91. The molecule has 2 N–H and O–H groups in total. The molecule has 2 fully saturated rings. The van der Waals surface area contributed by atoms with Crippen LogP contribution in [0.15, 0.2) is 30.3 Å². The standard InChI is InChI=1S/C15H16F3N3O5S/c16-15(17,18)27(24,25)20-7-6-10-11(19)13(22)21(10)12(20)14(23)26-8-9-4-2-1-3-5-9/h1-5,10-12H,6-8,19H2. The zero-order chi connectivity index (χ0) is 20.0. The molecule has 0 spiro atoms. The number of β-lactam (4-membered cyclic amide) rings is 1. The van der Waals surface area contributed by atoms with E-state index in [4.69, 9.17) is 10.5 Å². The van der Waals surface area contributed by atoms with Gasteiger partial charge in [-0.1, -0.05) is 30.3 Å². The largest absolute Gasteiger partial charge is 0.511 e. The number of esters is 1. The number of hydrogen-bond donors (Lipinski definition) is 1. The van der Waals surface area contributed by atoms with Gasteiger partial charge in [0.05, 0.1) is 6.04 Å². The van der Waals surface area contributed by atoms with E-state index < -0.39 is 52.2 Å². The minimum atomic E-state index is -5.84. The highest BCUT2D eigenvalue weighted by molar-refractivity contribution is 7.90. The van der Waals surface area contributed by atoms with Crippen molar-refractivity contribution in [1.82, 2.24) is 9.21 Å². The fourth-order valence-electron chi connectivity index (χ4n) is 3.15. The molecule has 3 unspecified atom stereocenters. The van der Waals surface area contributed by atoms with Crippen molar-refractivity contribution >= 4 is 21.9 Å². The van der Waals surface area contributed by atoms with Crippen molar-refractivity contribution in [2.45, 2.75) is 36.8 Å². The lowest BCUT2D eigenvalue weighted by Crippen LogP contribution is -2.79. The molecule has 8 nitrogen and oxygen atoms in total. The first-order chi connectivity index (χ1) is 12.6. The number of carbonyl (C=O) groups excluding carboxylic acids is 2. The van der Waals surface area contributed by atoms with E-state index in [0.29, 0.717) is 5.56 Å². The average molecular weight is 407 g/mol. The van der Waals surface area contributed by atoms with E-state index in [-0.39, 0.29) is 17.3 Å². The third-order valence-electron chi connectivity index (χ3n) is 4.53. The second-order valence-corrected chi connectivity index (χ2v) is 8.04. The monoisotopic (exact) mass is 407 g/mol. The van der Waals surface area contributed by atoms with Crippen molar-refractivity contribution in [2.24, 2.45) is 5.73 Å². The molecular weight excluding hydrogens is 391 g/mol. The molecular formula is C15H16F3N3O5S. The van der Waals surface area contributed by atoms with Gasteiger partial charge >= 0.3 is 21.5 Å². The van der Waals surface area contributed by atoms with Crippen molar-refractivity contribution in [3.8, 4) is 0 Å². The number of fused-ring (bicyclic) bond motifs is 1. The van der Waals surface area contributed by atoms with Gasteiger partial charge < -0.3 is 15.4 Å². The Morgan fingerprint density at radius 2 is 1.89 bits per heavy atom. The second-order valence-electron chi connectivity index (χ2n) is 6.16. The van der Waals surface area contributed by atoms with Gasteiger partial charge in [0.15, 0.2) is 6.17 Å². The van der Waals surface area contributed by atoms with Crippen molar-refractivity contribution in [2.75, 3.05) is 6.54 Å². The number of benzene rings is 1. The minimum absolute atomic E-state index is 0.0411. The number of carbonyl (C=O) groups is 2. The summed E-state index contributed by atoms with van der Waals surface area (Å²) in [6.07, 6.45) is -2.14. The highest BCUT2D eigenvalue weighted by Crippen LogP contribution is 2.37. The fraction of sp³-hybridized carbons (Fsp3) is 0.467. The number of ether oxygens (including phenoxy) is 1. The van der Waals surface area contributed by atoms with E-state index in [1.165, 1.54) is 0 Å². The molecule has 2 aliphatic heterocycles. The van der Waals surface area contributed by atoms with Gasteiger partial charge in [-0.15, -0.1) is 0 Å². The molecule has 2 heterocycles. The number of amides is 1. The molecule has 1 aromatic carbocycles. The Morgan fingerprint density at radius 3 is 2.48 bits per heavy atom. The molecule has 3 rings (SSSR count). The van der Waals surface area contributed by atoms with Crippen LogP contribution in [-0.4, -0.2) is 59.8 Å². The third-order valence-corrected chi connectivity index (χ3v) is 6.11. The van der Waals surface area contributed by atoms with Crippen LogP contribution in [0.2, 0.25) is 0 Å². The lowest BCUT2D eigenvalue weighted by Gasteiger charge is -2.54. The summed E-state index contributed by atoms with van der Waals surface area (Å²) in [4.78, 5) is 25.2. The van der Waals surface area contributed by atoms with Crippen LogP contribution in [0.25, 0.3) is 0 Å².